The molecular weight excluding hydrogens is 319 g/mol. The van der Waals surface area contributed by atoms with Gasteiger partial charge in [-0.3, -0.25) is 0 Å². The van der Waals surface area contributed by atoms with Crippen molar-refractivity contribution in [1.29, 1.82) is 0 Å². The summed E-state index contributed by atoms with van der Waals surface area (Å²) in [5.74, 6) is 1.10. The molecule has 0 radical (unpaired) electrons. The predicted molar refractivity (Wildman–Crippen MR) is 92.7 cm³/mol. The van der Waals surface area contributed by atoms with Crippen LogP contribution in [0.3, 0.4) is 0 Å². The molecule has 2 aromatic carbocycles. The smallest absolute Gasteiger partial charge is 0.335 e. The Morgan fingerprint density at radius 3 is 2.32 bits per heavy atom. The van der Waals surface area contributed by atoms with Crippen molar-refractivity contribution in [3.8, 4) is 11.5 Å². The minimum atomic E-state index is -1.16. The standard InChI is InChI=1S/C21H21FO3/c22-19-12-16(21(23)24)7-10-20(19)25-17-8-5-15(6-9-17)18-11-13-1-3-14(18)4-2-13/h5-10,12-14,18H,1-4,11H2,(H,23,24). The fourth-order valence-electron chi connectivity index (χ4n) is 4.41. The number of halogens is 1. The predicted octanol–water partition coefficient (Wildman–Crippen LogP) is 5.61. The molecule has 3 aliphatic carbocycles. The number of hydrogen-bond donors (Lipinski definition) is 1. The first-order valence-corrected chi connectivity index (χ1v) is 8.91. The van der Waals surface area contributed by atoms with Gasteiger partial charge in [0.2, 0.25) is 0 Å². The molecule has 0 spiro atoms. The molecule has 5 rings (SSSR count). The van der Waals surface area contributed by atoms with E-state index in [4.69, 9.17) is 9.84 Å². The highest BCUT2D eigenvalue weighted by Crippen LogP contribution is 2.49. The van der Waals surface area contributed by atoms with Crippen molar-refractivity contribution in [1.82, 2.24) is 0 Å². The molecule has 1 unspecified atom stereocenters. The Balaban J connectivity index is 1.48. The van der Waals surface area contributed by atoms with Crippen LogP contribution in [-0.2, 0) is 0 Å². The van der Waals surface area contributed by atoms with E-state index in [0.717, 1.165) is 17.9 Å². The molecule has 3 aliphatic rings. The number of carboxylic acids is 1. The van der Waals surface area contributed by atoms with Crippen molar-refractivity contribution in [2.75, 3.05) is 0 Å². The summed E-state index contributed by atoms with van der Waals surface area (Å²) in [6.07, 6.45) is 6.74. The van der Waals surface area contributed by atoms with E-state index in [0.29, 0.717) is 11.7 Å². The number of carboxylic acid groups (broad SMARTS) is 1. The van der Waals surface area contributed by atoms with Crippen molar-refractivity contribution >= 4 is 5.97 Å². The zero-order chi connectivity index (χ0) is 17.4. The third-order valence-electron chi connectivity index (χ3n) is 5.76. The summed E-state index contributed by atoms with van der Waals surface area (Å²) in [6, 6.07) is 11.6. The molecule has 3 saturated carbocycles. The maximum Gasteiger partial charge on any atom is 0.335 e. The molecule has 2 aromatic rings. The van der Waals surface area contributed by atoms with Gasteiger partial charge in [0, 0.05) is 0 Å². The largest absolute Gasteiger partial charge is 0.478 e. The van der Waals surface area contributed by atoms with E-state index in [1.165, 1.54) is 49.8 Å². The molecule has 1 N–H and O–H groups in total. The first-order chi connectivity index (χ1) is 12.1. The normalized spacial score (nSPS) is 24.9. The molecule has 4 heteroatoms. The average molecular weight is 340 g/mol. The van der Waals surface area contributed by atoms with Gasteiger partial charge < -0.3 is 9.84 Å². The van der Waals surface area contributed by atoms with Crippen molar-refractivity contribution in [3.63, 3.8) is 0 Å². The van der Waals surface area contributed by atoms with Gasteiger partial charge in [-0.1, -0.05) is 25.0 Å². The Hall–Kier alpha value is -2.36. The maximum atomic E-state index is 14.0. The number of rotatable bonds is 4. The summed E-state index contributed by atoms with van der Waals surface area (Å²) in [5.41, 5.74) is 1.26. The van der Waals surface area contributed by atoms with Crippen LogP contribution in [0.4, 0.5) is 4.39 Å². The van der Waals surface area contributed by atoms with Gasteiger partial charge in [-0.15, -0.1) is 0 Å². The van der Waals surface area contributed by atoms with Crippen LogP contribution in [0, 0.1) is 17.7 Å². The molecular formula is C21H21FO3. The molecule has 0 aromatic heterocycles. The zero-order valence-corrected chi connectivity index (χ0v) is 14.0. The molecule has 1 atom stereocenters. The summed E-state index contributed by atoms with van der Waals surface area (Å²) in [5, 5.41) is 8.88. The topological polar surface area (TPSA) is 46.5 Å². The minimum absolute atomic E-state index is 0.0365. The van der Waals surface area contributed by atoms with E-state index in [9.17, 15) is 9.18 Å². The minimum Gasteiger partial charge on any atom is -0.478 e. The molecule has 130 valence electrons. The molecule has 2 bridgehead atoms. The second-order valence-electron chi connectivity index (χ2n) is 7.24. The molecule has 3 nitrogen and oxygen atoms in total. The van der Waals surface area contributed by atoms with Crippen molar-refractivity contribution < 1.29 is 19.0 Å². The van der Waals surface area contributed by atoms with E-state index in [1.807, 2.05) is 12.1 Å². The third kappa shape index (κ3) is 3.26. The quantitative estimate of drug-likeness (QED) is 0.787. The monoisotopic (exact) mass is 340 g/mol. The van der Waals surface area contributed by atoms with Gasteiger partial charge in [0.25, 0.3) is 0 Å². The summed E-state index contributed by atoms with van der Waals surface area (Å²) >= 11 is 0. The van der Waals surface area contributed by atoms with Crippen LogP contribution >= 0.6 is 0 Å². The van der Waals surface area contributed by atoms with E-state index in [1.54, 1.807) is 0 Å². The Morgan fingerprint density at radius 1 is 1.04 bits per heavy atom. The first kappa shape index (κ1) is 16.1. The third-order valence-corrected chi connectivity index (χ3v) is 5.76. The van der Waals surface area contributed by atoms with E-state index in [-0.39, 0.29) is 11.3 Å². The SMILES string of the molecule is O=C(O)c1ccc(Oc2ccc(C3CC4CCC3CC4)cc2)c(F)c1. The fourth-order valence-corrected chi connectivity index (χ4v) is 4.41. The van der Waals surface area contributed by atoms with Crippen LogP contribution in [0.5, 0.6) is 11.5 Å². The van der Waals surface area contributed by atoms with Crippen molar-refractivity contribution in [2.45, 2.75) is 38.0 Å². The Kier molecular flexibility index (Phi) is 4.20. The lowest BCUT2D eigenvalue weighted by Gasteiger charge is -2.42. The van der Waals surface area contributed by atoms with Gasteiger partial charge in [0.15, 0.2) is 11.6 Å². The van der Waals surface area contributed by atoms with E-state index in [2.05, 4.69) is 12.1 Å². The zero-order valence-electron chi connectivity index (χ0n) is 14.0. The summed E-state index contributed by atoms with van der Waals surface area (Å²) < 4.78 is 19.6. The molecule has 25 heavy (non-hydrogen) atoms. The second-order valence-corrected chi connectivity index (χ2v) is 7.24. The summed E-state index contributed by atoms with van der Waals surface area (Å²) in [6.45, 7) is 0. The molecule has 0 amide bonds. The summed E-state index contributed by atoms with van der Waals surface area (Å²) in [4.78, 5) is 10.9. The van der Waals surface area contributed by atoms with Crippen LogP contribution in [0.15, 0.2) is 42.5 Å². The fraction of sp³-hybridized carbons (Fsp3) is 0.381. The van der Waals surface area contributed by atoms with Crippen LogP contribution in [0.2, 0.25) is 0 Å². The number of benzene rings is 2. The van der Waals surface area contributed by atoms with Crippen molar-refractivity contribution in [3.05, 3.63) is 59.4 Å². The van der Waals surface area contributed by atoms with E-state index < -0.39 is 11.8 Å². The molecule has 3 fully saturated rings. The van der Waals surface area contributed by atoms with Crippen molar-refractivity contribution in [2.24, 2.45) is 11.8 Å². The average Bonchev–Trinajstić information content (AvgIpc) is 2.65. The number of carbonyl (C=O) groups is 1. The number of ether oxygens (including phenoxy) is 1. The number of aromatic carboxylic acids is 1. The highest BCUT2D eigenvalue weighted by Gasteiger charge is 2.36. The lowest BCUT2D eigenvalue weighted by atomic mass is 9.63. The van der Waals surface area contributed by atoms with Gasteiger partial charge in [-0.2, -0.15) is 0 Å². The number of fused-ring (bicyclic) bond motifs is 3. The Bertz CT molecular complexity index is 776. The highest BCUT2D eigenvalue weighted by atomic mass is 19.1. The highest BCUT2D eigenvalue weighted by molar-refractivity contribution is 5.87. The second kappa shape index (κ2) is 6.51. The molecule has 0 heterocycles. The van der Waals surface area contributed by atoms with Gasteiger partial charge in [-0.25, -0.2) is 9.18 Å². The van der Waals surface area contributed by atoms with Crippen LogP contribution in [0.25, 0.3) is 0 Å². The van der Waals surface area contributed by atoms with Crippen LogP contribution in [-0.4, -0.2) is 11.1 Å². The Morgan fingerprint density at radius 2 is 1.76 bits per heavy atom. The first-order valence-electron chi connectivity index (χ1n) is 8.91. The van der Waals surface area contributed by atoms with Gasteiger partial charge in [0.1, 0.15) is 5.75 Å². The lowest BCUT2D eigenvalue weighted by Crippen LogP contribution is -2.29. The van der Waals surface area contributed by atoms with E-state index >= 15 is 0 Å². The number of hydrogen-bond acceptors (Lipinski definition) is 2. The Labute approximate surface area is 146 Å². The van der Waals surface area contributed by atoms with Gasteiger partial charge in [0.05, 0.1) is 5.56 Å². The maximum absolute atomic E-state index is 14.0. The van der Waals surface area contributed by atoms with Gasteiger partial charge >= 0.3 is 5.97 Å². The summed E-state index contributed by atoms with van der Waals surface area (Å²) in [7, 11) is 0. The van der Waals surface area contributed by atoms with Crippen LogP contribution < -0.4 is 4.74 Å². The molecule has 0 saturated heterocycles. The van der Waals surface area contributed by atoms with Crippen LogP contribution in [0.1, 0.15) is 53.9 Å². The lowest BCUT2D eigenvalue weighted by molar-refractivity contribution is 0.0696. The van der Waals surface area contributed by atoms with Gasteiger partial charge in [-0.05, 0) is 72.9 Å². The molecule has 0 aliphatic heterocycles.